The van der Waals surface area contributed by atoms with Crippen LogP contribution in [0.5, 0.6) is 0 Å². The molecule has 2 nitrogen and oxygen atoms in total. The number of nitrogens with one attached hydrogen (secondary N) is 1. The Morgan fingerprint density at radius 1 is 1.07 bits per heavy atom. The van der Waals surface area contributed by atoms with Gasteiger partial charge in [-0.2, -0.15) is 5.10 Å². The van der Waals surface area contributed by atoms with Gasteiger partial charge in [0.25, 0.3) is 0 Å². The van der Waals surface area contributed by atoms with E-state index in [0.29, 0.717) is 5.69 Å². The quantitative estimate of drug-likeness (QED) is 0.556. The van der Waals surface area contributed by atoms with Crippen molar-refractivity contribution in [3.8, 4) is 0 Å². The van der Waals surface area contributed by atoms with Crippen LogP contribution in [-0.4, -0.2) is 10.2 Å². The number of rotatable bonds is 0. The van der Waals surface area contributed by atoms with Crippen molar-refractivity contribution in [3.05, 3.63) is 17.0 Å². The topological polar surface area (TPSA) is 28.7 Å². The number of aromatic nitrogens is 2. The molecule has 0 atom stereocenters. The van der Waals surface area contributed by atoms with Crippen LogP contribution < -0.4 is 0 Å². The Hall–Kier alpha value is 0.0800. The summed E-state index contributed by atoms with van der Waals surface area (Å²) in [7, 11) is 0. The summed E-state index contributed by atoms with van der Waals surface area (Å²) in [6.07, 6.45) is 5.56. The lowest BCUT2D eigenvalue weighted by molar-refractivity contribution is 0.699. The lowest BCUT2D eigenvalue weighted by Gasteiger charge is -2.09. The molecule has 0 aliphatic heterocycles. The van der Waals surface area contributed by atoms with Crippen molar-refractivity contribution in [2.24, 2.45) is 0 Å². The number of nitrogens with zero attached hydrogens (tertiary/aromatic N) is 1. The van der Waals surface area contributed by atoms with E-state index < -0.39 is 3.79 Å². The van der Waals surface area contributed by atoms with Crippen LogP contribution in [0, 0.1) is 0 Å². The van der Waals surface area contributed by atoms with Crippen molar-refractivity contribution in [1.29, 1.82) is 0 Å². The number of halogens is 3. The summed E-state index contributed by atoms with van der Waals surface area (Å²) in [6.45, 7) is 0. The minimum absolute atomic E-state index is 0.583. The molecule has 78 valence electrons. The van der Waals surface area contributed by atoms with Crippen molar-refractivity contribution in [3.63, 3.8) is 0 Å². The van der Waals surface area contributed by atoms with Crippen LogP contribution in [0.1, 0.15) is 36.2 Å². The van der Waals surface area contributed by atoms with E-state index in [1.54, 1.807) is 0 Å². The lowest BCUT2D eigenvalue weighted by atomic mass is 10.1. The summed E-state index contributed by atoms with van der Waals surface area (Å²) in [5.74, 6) is 0. The third-order valence-corrected chi connectivity index (χ3v) is 3.11. The van der Waals surface area contributed by atoms with Crippen LogP contribution >= 0.6 is 34.8 Å². The van der Waals surface area contributed by atoms with Crippen LogP contribution in [0.15, 0.2) is 0 Å². The van der Waals surface area contributed by atoms with Gasteiger partial charge in [-0.15, -0.1) is 0 Å². The molecule has 0 amide bonds. The molecule has 2 rings (SSSR count). The Kier molecular flexibility index (Phi) is 2.96. The van der Waals surface area contributed by atoms with Gasteiger partial charge < -0.3 is 0 Å². The maximum absolute atomic E-state index is 5.84. The van der Waals surface area contributed by atoms with Gasteiger partial charge >= 0.3 is 0 Å². The molecule has 1 aliphatic rings. The zero-order chi connectivity index (χ0) is 10.2. The molecular weight excluding hydrogens is 242 g/mol. The summed E-state index contributed by atoms with van der Waals surface area (Å²) >= 11 is 17.5. The van der Waals surface area contributed by atoms with Crippen molar-refractivity contribution >= 4 is 34.8 Å². The van der Waals surface area contributed by atoms with Crippen LogP contribution in [0.3, 0.4) is 0 Å². The number of aryl methyl sites for hydroxylation is 1. The Balaban J connectivity index is 2.39. The largest absolute Gasteiger partial charge is 0.282 e. The summed E-state index contributed by atoms with van der Waals surface area (Å²) in [6, 6.07) is 0. The summed E-state index contributed by atoms with van der Waals surface area (Å²) < 4.78 is -1.39. The van der Waals surface area contributed by atoms with E-state index in [2.05, 4.69) is 10.2 Å². The molecule has 0 spiro atoms. The normalized spacial score (nSPS) is 17.6. The minimum atomic E-state index is -1.39. The molecule has 0 saturated heterocycles. The molecule has 0 radical (unpaired) electrons. The highest BCUT2D eigenvalue weighted by atomic mass is 35.6. The number of H-pyrrole nitrogens is 1. The Morgan fingerprint density at radius 2 is 1.79 bits per heavy atom. The van der Waals surface area contributed by atoms with Crippen molar-refractivity contribution < 1.29 is 0 Å². The standard InChI is InChI=1S/C9H11Cl3N2/c10-9(11,12)8-6-4-2-1-3-5-7(6)13-14-8/h1-5H2,(H,13,14). The van der Waals surface area contributed by atoms with Gasteiger partial charge in [0, 0.05) is 11.3 Å². The predicted molar refractivity (Wildman–Crippen MR) is 59.1 cm³/mol. The smallest absolute Gasteiger partial charge is 0.234 e. The highest BCUT2D eigenvalue weighted by Gasteiger charge is 2.31. The van der Waals surface area contributed by atoms with Gasteiger partial charge in [-0.05, 0) is 25.7 Å². The number of aromatic amines is 1. The molecule has 1 aromatic rings. The average molecular weight is 254 g/mol. The second-order valence-electron chi connectivity index (χ2n) is 3.59. The molecule has 1 aromatic heterocycles. The van der Waals surface area contributed by atoms with Crippen molar-refractivity contribution in [2.45, 2.75) is 35.9 Å². The summed E-state index contributed by atoms with van der Waals surface area (Å²) in [5.41, 5.74) is 2.84. The Bertz CT molecular complexity index is 327. The van der Waals surface area contributed by atoms with Crippen LogP contribution in [-0.2, 0) is 16.6 Å². The Labute approximate surface area is 97.9 Å². The zero-order valence-electron chi connectivity index (χ0n) is 7.62. The molecular formula is C9H11Cl3N2. The number of hydrogen-bond acceptors (Lipinski definition) is 1. The molecule has 0 aromatic carbocycles. The van der Waals surface area contributed by atoms with Gasteiger partial charge in [0.1, 0.15) is 5.69 Å². The maximum Gasteiger partial charge on any atom is 0.234 e. The first-order valence-corrected chi connectivity index (χ1v) is 5.86. The lowest BCUT2D eigenvalue weighted by Crippen LogP contribution is -2.05. The molecule has 0 unspecified atom stereocenters. The van der Waals surface area contributed by atoms with E-state index in [-0.39, 0.29) is 0 Å². The fourth-order valence-electron chi connectivity index (χ4n) is 1.89. The molecule has 0 bridgehead atoms. The third-order valence-electron chi connectivity index (χ3n) is 2.57. The third kappa shape index (κ3) is 2.02. The number of fused-ring (bicyclic) bond motifs is 1. The van der Waals surface area contributed by atoms with E-state index in [1.807, 2.05) is 0 Å². The molecule has 0 fully saturated rings. The van der Waals surface area contributed by atoms with Gasteiger partial charge in [0.05, 0.1) is 0 Å². The first-order valence-electron chi connectivity index (χ1n) is 4.72. The summed E-state index contributed by atoms with van der Waals surface area (Å²) in [4.78, 5) is 0. The zero-order valence-corrected chi connectivity index (χ0v) is 9.88. The first kappa shape index (κ1) is 10.6. The van der Waals surface area contributed by atoms with E-state index in [9.17, 15) is 0 Å². The summed E-state index contributed by atoms with van der Waals surface area (Å²) in [5, 5.41) is 7.06. The Morgan fingerprint density at radius 3 is 2.50 bits per heavy atom. The number of hydrogen-bond donors (Lipinski definition) is 1. The van der Waals surface area contributed by atoms with Crippen LogP contribution in [0.4, 0.5) is 0 Å². The predicted octanol–water partition coefficient (Wildman–Crippen LogP) is 3.51. The fourth-order valence-corrected chi connectivity index (χ4v) is 2.36. The van der Waals surface area contributed by atoms with E-state index in [4.69, 9.17) is 34.8 Å². The highest BCUT2D eigenvalue weighted by Crippen LogP contribution is 2.40. The molecule has 1 aliphatic carbocycles. The minimum Gasteiger partial charge on any atom is -0.282 e. The van der Waals surface area contributed by atoms with Crippen LogP contribution in [0.25, 0.3) is 0 Å². The highest BCUT2D eigenvalue weighted by molar-refractivity contribution is 6.66. The van der Waals surface area contributed by atoms with Gasteiger partial charge in [-0.25, -0.2) is 0 Å². The van der Waals surface area contributed by atoms with Gasteiger partial charge in [-0.3, -0.25) is 5.10 Å². The SMILES string of the molecule is ClC(Cl)(Cl)c1n[nH]c2c1CCCCC2. The molecule has 14 heavy (non-hydrogen) atoms. The van der Waals surface area contributed by atoms with Crippen molar-refractivity contribution in [2.75, 3.05) is 0 Å². The van der Waals surface area contributed by atoms with E-state index >= 15 is 0 Å². The van der Waals surface area contributed by atoms with E-state index in [1.165, 1.54) is 12.8 Å². The van der Waals surface area contributed by atoms with Crippen LogP contribution in [0.2, 0.25) is 0 Å². The van der Waals surface area contributed by atoms with Gasteiger partial charge in [0.15, 0.2) is 0 Å². The first-order chi connectivity index (χ1) is 6.59. The monoisotopic (exact) mass is 252 g/mol. The molecule has 0 saturated carbocycles. The van der Waals surface area contributed by atoms with Gasteiger partial charge in [-0.1, -0.05) is 41.2 Å². The maximum atomic E-state index is 5.84. The van der Waals surface area contributed by atoms with Gasteiger partial charge in [0.2, 0.25) is 3.79 Å². The second-order valence-corrected chi connectivity index (χ2v) is 5.87. The van der Waals surface area contributed by atoms with E-state index in [0.717, 1.165) is 30.5 Å². The average Bonchev–Trinajstić information content (AvgIpc) is 2.36. The second kappa shape index (κ2) is 3.92. The van der Waals surface area contributed by atoms with Crippen molar-refractivity contribution in [1.82, 2.24) is 10.2 Å². The number of alkyl halides is 3. The molecule has 5 heteroatoms. The molecule has 1 heterocycles. The fraction of sp³-hybridized carbons (Fsp3) is 0.667. The molecule has 1 N–H and O–H groups in total.